The second kappa shape index (κ2) is 7.06. The molecule has 0 bridgehead atoms. The monoisotopic (exact) mass is 255 g/mol. The molecule has 0 amide bonds. The fourth-order valence-corrected chi connectivity index (χ4v) is 1.91. The van der Waals surface area contributed by atoms with Gasteiger partial charge in [0.1, 0.15) is 5.75 Å². The molecular weight excluding hydrogens is 238 g/mol. The van der Waals surface area contributed by atoms with Gasteiger partial charge in [-0.15, -0.1) is 0 Å². The van der Waals surface area contributed by atoms with E-state index in [1.54, 1.807) is 6.07 Å². The Morgan fingerprint density at radius 2 is 2.29 bits per heavy atom. The lowest BCUT2D eigenvalue weighted by atomic mass is 10.2. The van der Waals surface area contributed by atoms with E-state index in [1.165, 1.54) is 12.1 Å². The highest BCUT2D eigenvalue weighted by atomic mass is 32.2. The van der Waals surface area contributed by atoms with Crippen LogP contribution in [0.25, 0.3) is 0 Å². The summed E-state index contributed by atoms with van der Waals surface area (Å²) in [5.41, 5.74) is 6.25. The number of benzene rings is 1. The highest BCUT2D eigenvalue weighted by Gasteiger charge is 2.06. The number of carbonyl (C=O) groups is 1. The van der Waals surface area contributed by atoms with Gasteiger partial charge in [0, 0.05) is 0 Å². The Kier molecular flexibility index (Phi) is 5.69. The van der Waals surface area contributed by atoms with Crippen molar-refractivity contribution in [1.29, 1.82) is 0 Å². The van der Waals surface area contributed by atoms with Gasteiger partial charge in [-0.25, -0.2) is 4.79 Å². The molecule has 1 aromatic carbocycles. The Morgan fingerprint density at radius 3 is 2.88 bits per heavy atom. The number of carboxylic acids is 1. The van der Waals surface area contributed by atoms with Gasteiger partial charge in [0.2, 0.25) is 0 Å². The van der Waals surface area contributed by atoms with Crippen LogP contribution < -0.4 is 10.5 Å². The summed E-state index contributed by atoms with van der Waals surface area (Å²) in [5.74, 6) is 1.73. The molecule has 0 aliphatic rings. The number of carboxylic acid groups (broad SMARTS) is 1. The fraction of sp³-hybridized carbons (Fsp3) is 0.417. The molecule has 0 aliphatic heterocycles. The number of thioether (sulfide) groups is 1. The quantitative estimate of drug-likeness (QED) is 0.578. The molecule has 0 saturated carbocycles. The SMILES string of the molecule is CCSCCCOc1ccc(C(=O)O)cc1N. The molecule has 0 radical (unpaired) electrons. The van der Waals surface area contributed by atoms with E-state index in [0.717, 1.165) is 17.9 Å². The van der Waals surface area contributed by atoms with Gasteiger partial charge in [-0.1, -0.05) is 6.92 Å². The van der Waals surface area contributed by atoms with Crippen molar-refractivity contribution in [1.82, 2.24) is 0 Å². The first kappa shape index (κ1) is 13.7. The number of rotatable bonds is 7. The van der Waals surface area contributed by atoms with E-state index >= 15 is 0 Å². The van der Waals surface area contributed by atoms with Gasteiger partial charge in [-0.05, 0) is 36.1 Å². The predicted molar refractivity (Wildman–Crippen MR) is 70.9 cm³/mol. The molecule has 5 heteroatoms. The van der Waals surface area contributed by atoms with Gasteiger partial charge in [0.05, 0.1) is 17.9 Å². The molecule has 0 atom stereocenters. The van der Waals surface area contributed by atoms with E-state index in [1.807, 2.05) is 11.8 Å². The molecule has 0 spiro atoms. The first-order chi connectivity index (χ1) is 8.15. The smallest absolute Gasteiger partial charge is 0.335 e. The Labute approximate surface area is 105 Å². The maximum Gasteiger partial charge on any atom is 0.335 e. The zero-order chi connectivity index (χ0) is 12.7. The molecule has 1 rings (SSSR count). The highest BCUT2D eigenvalue weighted by molar-refractivity contribution is 7.99. The third kappa shape index (κ3) is 4.56. The molecule has 17 heavy (non-hydrogen) atoms. The lowest BCUT2D eigenvalue weighted by Crippen LogP contribution is -2.03. The minimum absolute atomic E-state index is 0.177. The van der Waals surface area contributed by atoms with Gasteiger partial charge < -0.3 is 15.6 Å². The largest absolute Gasteiger partial charge is 0.491 e. The molecule has 4 nitrogen and oxygen atoms in total. The van der Waals surface area contributed by atoms with E-state index < -0.39 is 5.97 Å². The van der Waals surface area contributed by atoms with E-state index in [2.05, 4.69) is 6.92 Å². The predicted octanol–water partition coefficient (Wildman–Crippen LogP) is 2.49. The summed E-state index contributed by atoms with van der Waals surface area (Å²) in [4.78, 5) is 10.7. The van der Waals surface area contributed by atoms with Crippen molar-refractivity contribution in [3.8, 4) is 5.75 Å². The number of nitrogens with two attached hydrogens (primary N) is 1. The molecule has 0 aromatic heterocycles. The van der Waals surface area contributed by atoms with Crippen LogP contribution >= 0.6 is 11.8 Å². The van der Waals surface area contributed by atoms with Crippen LogP contribution in [0.4, 0.5) is 5.69 Å². The van der Waals surface area contributed by atoms with E-state index in [4.69, 9.17) is 15.6 Å². The second-order valence-corrected chi connectivity index (χ2v) is 4.85. The number of nitrogen functional groups attached to an aromatic ring is 1. The van der Waals surface area contributed by atoms with Gasteiger partial charge in [-0.3, -0.25) is 0 Å². The number of hydrogen-bond donors (Lipinski definition) is 2. The molecule has 0 saturated heterocycles. The van der Waals surface area contributed by atoms with E-state index in [0.29, 0.717) is 18.0 Å². The van der Waals surface area contributed by atoms with Crippen molar-refractivity contribution in [2.24, 2.45) is 0 Å². The minimum Gasteiger partial charge on any atom is -0.491 e. The first-order valence-corrected chi connectivity index (χ1v) is 6.64. The van der Waals surface area contributed by atoms with Crippen LogP contribution in [0.3, 0.4) is 0 Å². The van der Waals surface area contributed by atoms with Crippen molar-refractivity contribution < 1.29 is 14.6 Å². The Bertz CT molecular complexity index is 382. The molecule has 0 unspecified atom stereocenters. The number of ether oxygens (including phenoxy) is 1. The lowest BCUT2D eigenvalue weighted by Gasteiger charge is -2.09. The summed E-state index contributed by atoms with van der Waals surface area (Å²) in [6.07, 6.45) is 0.957. The van der Waals surface area contributed by atoms with Crippen LogP contribution in [0, 0.1) is 0 Å². The van der Waals surface area contributed by atoms with Crippen molar-refractivity contribution in [3.63, 3.8) is 0 Å². The van der Waals surface area contributed by atoms with Crippen LogP contribution in [0.5, 0.6) is 5.75 Å². The standard InChI is InChI=1S/C12H17NO3S/c1-2-17-7-3-6-16-11-5-4-9(12(14)15)8-10(11)13/h4-5,8H,2-3,6-7,13H2,1H3,(H,14,15). The molecule has 0 aliphatic carbocycles. The zero-order valence-corrected chi connectivity index (χ0v) is 10.6. The summed E-state index contributed by atoms with van der Waals surface area (Å²) in [7, 11) is 0. The average Bonchev–Trinajstić information content (AvgIpc) is 2.30. The normalized spacial score (nSPS) is 10.2. The topological polar surface area (TPSA) is 72.5 Å². The number of anilines is 1. The van der Waals surface area contributed by atoms with Crippen LogP contribution in [0.1, 0.15) is 23.7 Å². The summed E-state index contributed by atoms with van der Waals surface area (Å²) >= 11 is 1.86. The molecular formula is C12H17NO3S. The first-order valence-electron chi connectivity index (χ1n) is 5.48. The number of aromatic carboxylic acids is 1. The van der Waals surface area contributed by atoms with E-state index in [9.17, 15) is 4.79 Å². The lowest BCUT2D eigenvalue weighted by molar-refractivity contribution is 0.0697. The van der Waals surface area contributed by atoms with Crippen LogP contribution in [0.2, 0.25) is 0 Å². The molecule has 1 aromatic rings. The van der Waals surface area contributed by atoms with Gasteiger partial charge in [-0.2, -0.15) is 11.8 Å². The third-order valence-corrected chi connectivity index (χ3v) is 3.14. The van der Waals surface area contributed by atoms with Gasteiger partial charge in [0.25, 0.3) is 0 Å². The van der Waals surface area contributed by atoms with Crippen molar-refractivity contribution in [3.05, 3.63) is 23.8 Å². The second-order valence-electron chi connectivity index (χ2n) is 3.46. The molecule has 0 fully saturated rings. The molecule has 3 N–H and O–H groups in total. The highest BCUT2D eigenvalue weighted by Crippen LogP contribution is 2.22. The summed E-state index contributed by atoms with van der Waals surface area (Å²) in [6.45, 7) is 2.72. The van der Waals surface area contributed by atoms with Gasteiger partial charge in [0.15, 0.2) is 0 Å². The third-order valence-electron chi connectivity index (χ3n) is 2.15. The molecule has 0 heterocycles. The van der Waals surface area contributed by atoms with Crippen molar-refractivity contribution in [2.75, 3.05) is 23.8 Å². The van der Waals surface area contributed by atoms with Crippen molar-refractivity contribution in [2.45, 2.75) is 13.3 Å². The maximum atomic E-state index is 10.7. The van der Waals surface area contributed by atoms with Crippen LogP contribution in [0.15, 0.2) is 18.2 Å². The van der Waals surface area contributed by atoms with Crippen molar-refractivity contribution >= 4 is 23.4 Å². The summed E-state index contributed by atoms with van der Waals surface area (Å²) < 4.78 is 5.49. The van der Waals surface area contributed by atoms with Crippen LogP contribution in [-0.4, -0.2) is 29.2 Å². The van der Waals surface area contributed by atoms with Gasteiger partial charge >= 0.3 is 5.97 Å². The Balaban J connectivity index is 2.46. The Hall–Kier alpha value is -1.36. The maximum absolute atomic E-state index is 10.7. The molecule has 94 valence electrons. The fourth-order valence-electron chi connectivity index (χ4n) is 1.30. The zero-order valence-electron chi connectivity index (χ0n) is 9.81. The summed E-state index contributed by atoms with van der Waals surface area (Å²) in [6, 6.07) is 4.51. The average molecular weight is 255 g/mol. The Morgan fingerprint density at radius 1 is 1.53 bits per heavy atom. The van der Waals surface area contributed by atoms with Crippen LogP contribution in [-0.2, 0) is 0 Å². The summed E-state index contributed by atoms with van der Waals surface area (Å²) in [5, 5.41) is 8.77. The van der Waals surface area contributed by atoms with E-state index in [-0.39, 0.29) is 5.56 Å². The minimum atomic E-state index is -0.984. The number of hydrogen-bond acceptors (Lipinski definition) is 4.